The Morgan fingerprint density at radius 1 is 1.03 bits per heavy atom. The van der Waals surface area contributed by atoms with Crippen molar-refractivity contribution in [3.05, 3.63) is 65.7 Å². The second kappa shape index (κ2) is 10.5. The maximum atomic E-state index is 13.6. The molecule has 2 aliphatic rings. The van der Waals surface area contributed by atoms with Gasteiger partial charge in [-0.05, 0) is 48.7 Å². The summed E-state index contributed by atoms with van der Waals surface area (Å²) in [6.07, 6.45) is -3.04. The number of carbonyl (C=O) groups is 1. The number of piperidine rings is 1. The van der Waals surface area contributed by atoms with Gasteiger partial charge in [-0.3, -0.25) is 4.90 Å². The third-order valence-electron chi connectivity index (χ3n) is 5.60. The van der Waals surface area contributed by atoms with E-state index in [1.165, 1.54) is 18.2 Å². The first kappa shape index (κ1) is 24.9. The molecule has 1 N–H and O–H groups in total. The van der Waals surface area contributed by atoms with Gasteiger partial charge in [0.1, 0.15) is 11.6 Å². The number of nitrogens with zero attached hydrogens (tertiary/aromatic N) is 2. The Hall–Kier alpha value is -2.72. The number of benzene rings is 2. The van der Waals surface area contributed by atoms with E-state index in [1.807, 2.05) is 18.2 Å². The van der Waals surface area contributed by atoms with Gasteiger partial charge in [0.05, 0.1) is 12.2 Å². The third-order valence-corrected chi connectivity index (χ3v) is 5.60. The average Bonchev–Trinajstić information content (AvgIpc) is 2.75. The van der Waals surface area contributed by atoms with Gasteiger partial charge in [-0.2, -0.15) is 13.2 Å². The van der Waals surface area contributed by atoms with Crippen LogP contribution >= 0.6 is 0 Å². The van der Waals surface area contributed by atoms with E-state index >= 15 is 0 Å². The molecule has 2 fully saturated rings. The van der Waals surface area contributed by atoms with Gasteiger partial charge in [-0.1, -0.05) is 18.2 Å². The number of aliphatic carboxylic acids is 1. The van der Waals surface area contributed by atoms with Crippen molar-refractivity contribution >= 4 is 11.7 Å². The van der Waals surface area contributed by atoms with Crippen LogP contribution in [0.3, 0.4) is 0 Å². The Morgan fingerprint density at radius 3 is 2.36 bits per heavy atom. The summed E-state index contributed by atoms with van der Waals surface area (Å²) in [4.78, 5) is 13.5. The number of alkyl halides is 3. The maximum Gasteiger partial charge on any atom is 0.490 e. The molecule has 2 saturated heterocycles. The van der Waals surface area contributed by atoms with Crippen LogP contribution in [0.2, 0.25) is 0 Å². The summed E-state index contributed by atoms with van der Waals surface area (Å²) in [6.45, 7) is 4.90. The van der Waals surface area contributed by atoms with Gasteiger partial charge in [0.2, 0.25) is 0 Å². The summed E-state index contributed by atoms with van der Waals surface area (Å²) in [5.41, 5.74) is 1.81. The number of morpholine rings is 1. The molecular weight excluding hydrogens is 447 g/mol. The highest BCUT2D eigenvalue weighted by Gasteiger charge is 2.40. The second-order valence-corrected chi connectivity index (χ2v) is 8.18. The molecule has 0 aliphatic carbocycles. The molecule has 0 amide bonds. The van der Waals surface area contributed by atoms with E-state index < -0.39 is 12.1 Å². The Labute approximate surface area is 188 Å². The van der Waals surface area contributed by atoms with Crippen molar-refractivity contribution in [2.45, 2.75) is 31.2 Å². The molecule has 4 rings (SSSR count). The minimum Gasteiger partial charge on any atom is -0.475 e. The number of rotatable bonds is 3. The quantitative estimate of drug-likeness (QED) is 0.669. The summed E-state index contributed by atoms with van der Waals surface area (Å²) >= 11 is 0. The summed E-state index contributed by atoms with van der Waals surface area (Å²) in [7, 11) is 0. The number of ether oxygens (including phenoxy) is 1. The van der Waals surface area contributed by atoms with Gasteiger partial charge in [-0.15, -0.1) is 0 Å². The summed E-state index contributed by atoms with van der Waals surface area (Å²) in [5, 5.41) is 7.12. The smallest absolute Gasteiger partial charge is 0.475 e. The molecule has 1 unspecified atom stereocenters. The van der Waals surface area contributed by atoms with Crippen LogP contribution in [0.25, 0.3) is 0 Å². The SMILES string of the molecule is Fc1ccc(CN2CCOC3(CCCN(c4cccc(F)c4)C3)C2)cc1.O=C(O)C(F)(F)F. The zero-order chi connectivity index (χ0) is 24.1. The Morgan fingerprint density at radius 2 is 1.73 bits per heavy atom. The first-order valence-corrected chi connectivity index (χ1v) is 10.5. The minimum absolute atomic E-state index is 0.204. The molecule has 0 saturated carbocycles. The Balaban J connectivity index is 0.000000383. The number of hydrogen-bond acceptors (Lipinski definition) is 4. The van der Waals surface area contributed by atoms with Crippen molar-refractivity contribution < 1.29 is 36.6 Å². The van der Waals surface area contributed by atoms with Gasteiger partial charge in [-0.25, -0.2) is 13.6 Å². The van der Waals surface area contributed by atoms with Crippen molar-refractivity contribution in [2.24, 2.45) is 0 Å². The van der Waals surface area contributed by atoms with Gasteiger partial charge in [0, 0.05) is 38.4 Å². The molecule has 33 heavy (non-hydrogen) atoms. The van der Waals surface area contributed by atoms with Crippen molar-refractivity contribution in [1.82, 2.24) is 4.90 Å². The van der Waals surface area contributed by atoms with E-state index in [-0.39, 0.29) is 17.2 Å². The fourth-order valence-electron chi connectivity index (χ4n) is 4.14. The van der Waals surface area contributed by atoms with Gasteiger partial charge in [0.15, 0.2) is 0 Å². The number of anilines is 1. The lowest BCUT2D eigenvalue weighted by atomic mass is 9.90. The van der Waals surface area contributed by atoms with Crippen LogP contribution in [-0.4, -0.2) is 60.5 Å². The number of carboxylic acid groups (broad SMARTS) is 1. The predicted molar refractivity (Wildman–Crippen MR) is 112 cm³/mol. The maximum absolute atomic E-state index is 13.6. The van der Waals surface area contributed by atoms with Crippen LogP contribution in [0.5, 0.6) is 0 Å². The van der Waals surface area contributed by atoms with E-state index in [0.717, 1.165) is 56.8 Å². The molecule has 5 nitrogen and oxygen atoms in total. The van der Waals surface area contributed by atoms with Crippen LogP contribution in [0.1, 0.15) is 18.4 Å². The predicted octanol–water partition coefficient (Wildman–Crippen LogP) is 4.47. The molecule has 2 aliphatic heterocycles. The molecule has 0 bridgehead atoms. The molecule has 180 valence electrons. The molecule has 2 heterocycles. The highest BCUT2D eigenvalue weighted by atomic mass is 19.4. The zero-order valence-electron chi connectivity index (χ0n) is 17.8. The van der Waals surface area contributed by atoms with Crippen molar-refractivity contribution in [2.75, 3.05) is 37.7 Å². The standard InChI is InChI=1S/C21H24F2N2O.C2HF3O2/c22-18-7-5-17(6-8-18)14-24-11-12-26-21(15-24)9-2-10-25(16-21)20-4-1-3-19(23)13-20;3-2(4,5)1(6)7/h1,3-8,13H,2,9-12,14-16H2;(H,6,7). The first-order valence-electron chi connectivity index (χ1n) is 10.5. The Bertz CT molecular complexity index is 934. The van der Waals surface area contributed by atoms with Gasteiger partial charge >= 0.3 is 12.1 Å². The molecule has 2 aromatic rings. The molecule has 10 heteroatoms. The van der Waals surface area contributed by atoms with Crippen molar-refractivity contribution in [3.8, 4) is 0 Å². The molecule has 1 atom stereocenters. The number of halogens is 5. The summed E-state index contributed by atoms with van der Waals surface area (Å²) < 4.78 is 64.7. The lowest BCUT2D eigenvalue weighted by Gasteiger charge is -2.48. The first-order chi connectivity index (χ1) is 15.6. The summed E-state index contributed by atoms with van der Waals surface area (Å²) in [6, 6.07) is 13.5. The topological polar surface area (TPSA) is 53.0 Å². The molecular formula is C23H25F5N2O3. The zero-order valence-corrected chi connectivity index (χ0v) is 17.8. The largest absolute Gasteiger partial charge is 0.490 e. The lowest BCUT2D eigenvalue weighted by molar-refractivity contribution is -0.192. The van der Waals surface area contributed by atoms with Crippen molar-refractivity contribution in [1.29, 1.82) is 0 Å². The molecule has 0 radical (unpaired) electrons. The van der Waals surface area contributed by atoms with E-state index in [1.54, 1.807) is 12.1 Å². The van der Waals surface area contributed by atoms with E-state index in [9.17, 15) is 22.0 Å². The summed E-state index contributed by atoms with van der Waals surface area (Å²) in [5.74, 6) is -3.16. The normalized spacial score (nSPS) is 21.4. The Kier molecular flexibility index (Phi) is 7.91. The third kappa shape index (κ3) is 7.13. The second-order valence-electron chi connectivity index (χ2n) is 8.18. The van der Waals surface area contributed by atoms with E-state index in [0.29, 0.717) is 6.61 Å². The number of carboxylic acids is 1. The van der Waals surface area contributed by atoms with E-state index in [4.69, 9.17) is 14.6 Å². The van der Waals surface area contributed by atoms with E-state index in [2.05, 4.69) is 9.80 Å². The monoisotopic (exact) mass is 472 g/mol. The van der Waals surface area contributed by atoms with Gasteiger partial charge in [0.25, 0.3) is 0 Å². The van der Waals surface area contributed by atoms with Gasteiger partial charge < -0.3 is 14.7 Å². The molecule has 2 aromatic carbocycles. The fraction of sp³-hybridized carbons (Fsp3) is 0.435. The van der Waals surface area contributed by atoms with Crippen molar-refractivity contribution in [3.63, 3.8) is 0 Å². The van der Waals surface area contributed by atoms with Crippen LogP contribution in [0, 0.1) is 11.6 Å². The van der Waals surface area contributed by atoms with Crippen LogP contribution in [0.4, 0.5) is 27.6 Å². The van der Waals surface area contributed by atoms with Crippen LogP contribution in [-0.2, 0) is 16.1 Å². The molecule has 1 spiro atoms. The highest BCUT2D eigenvalue weighted by molar-refractivity contribution is 5.73. The minimum atomic E-state index is -5.08. The van der Waals surface area contributed by atoms with Crippen LogP contribution in [0.15, 0.2) is 48.5 Å². The number of hydrogen-bond donors (Lipinski definition) is 1. The lowest BCUT2D eigenvalue weighted by Crippen LogP contribution is -2.59. The average molecular weight is 472 g/mol. The molecule has 0 aromatic heterocycles. The highest BCUT2D eigenvalue weighted by Crippen LogP contribution is 2.32. The fourth-order valence-corrected chi connectivity index (χ4v) is 4.14. The van der Waals surface area contributed by atoms with Crippen LogP contribution < -0.4 is 4.90 Å².